The zero-order chi connectivity index (χ0) is 21.7. The van der Waals surface area contributed by atoms with Crippen molar-refractivity contribution in [3.63, 3.8) is 0 Å². The number of carbonyl (C=O) groups is 1. The zero-order valence-electron chi connectivity index (χ0n) is 19.4. The SMILES string of the molecule is Cc1nc(C(=O)NCCCN2CCN(c3cccc(C)c3C)CC2)cc(C(C)C)n1.Cl. The maximum Gasteiger partial charge on any atom is 0.270 e. The summed E-state index contributed by atoms with van der Waals surface area (Å²) >= 11 is 0. The number of carbonyl (C=O) groups excluding carboxylic acids is 1. The van der Waals surface area contributed by atoms with Crippen LogP contribution < -0.4 is 10.2 Å². The molecule has 1 fully saturated rings. The molecule has 3 rings (SSSR count). The van der Waals surface area contributed by atoms with E-state index in [1.54, 1.807) is 6.07 Å². The smallest absolute Gasteiger partial charge is 0.270 e. The van der Waals surface area contributed by atoms with E-state index < -0.39 is 0 Å². The third-order valence-corrected chi connectivity index (χ3v) is 5.91. The van der Waals surface area contributed by atoms with Crippen LogP contribution in [-0.4, -0.2) is 60.0 Å². The number of piperazine rings is 1. The van der Waals surface area contributed by atoms with Crippen molar-refractivity contribution in [1.29, 1.82) is 0 Å². The maximum atomic E-state index is 12.5. The van der Waals surface area contributed by atoms with Crippen LogP contribution in [0.3, 0.4) is 0 Å². The molecule has 0 bridgehead atoms. The molecule has 1 aromatic heterocycles. The van der Waals surface area contributed by atoms with Crippen LogP contribution in [0, 0.1) is 20.8 Å². The molecule has 6 nitrogen and oxygen atoms in total. The normalized spacial score (nSPS) is 14.5. The lowest BCUT2D eigenvalue weighted by atomic mass is 10.1. The molecule has 1 aromatic carbocycles. The van der Waals surface area contributed by atoms with Crippen molar-refractivity contribution < 1.29 is 4.79 Å². The molecule has 1 N–H and O–H groups in total. The number of hydrogen-bond acceptors (Lipinski definition) is 5. The predicted octanol–water partition coefficient (Wildman–Crippen LogP) is 3.89. The molecule has 0 unspecified atom stereocenters. The number of amides is 1. The van der Waals surface area contributed by atoms with E-state index in [-0.39, 0.29) is 24.2 Å². The van der Waals surface area contributed by atoms with Crippen LogP contribution in [0.15, 0.2) is 24.3 Å². The monoisotopic (exact) mass is 445 g/mol. The molecular formula is C24H36ClN5O. The van der Waals surface area contributed by atoms with Crippen molar-refractivity contribution in [3.8, 4) is 0 Å². The number of hydrogen-bond donors (Lipinski definition) is 1. The van der Waals surface area contributed by atoms with Gasteiger partial charge in [-0.15, -0.1) is 12.4 Å². The van der Waals surface area contributed by atoms with E-state index in [1.165, 1.54) is 16.8 Å². The highest BCUT2D eigenvalue weighted by molar-refractivity contribution is 5.92. The van der Waals surface area contributed by atoms with Crippen molar-refractivity contribution in [1.82, 2.24) is 20.2 Å². The van der Waals surface area contributed by atoms with E-state index in [0.717, 1.165) is 44.8 Å². The summed E-state index contributed by atoms with van der Waals surface area (Å²) in [6, 6.07) is 8.36. The number of halogens is 1. The standard InChI is InChI=1S/C24H35N5O.ClH/c1-17(2)21-16-22(27-20(5)26-21)24(30)25-10-7-11-28-12-14-29(15-13-28)23-9-6-8-18(3)19(23)4;/h6,8-9,16-17H,7,10-15H2,1-5H3,(H,25,30);1H. The minimum Gasteiger partial charge on any atom is -0.369 e. The predicted molar refractivity (Wildman–Crippen MR) is 130 cm³/mol. The molecule has 0 saturated carbocycles. The quantitative estimate of drug-likeness (QED) is 0.655. The first kappa shape index (κ1) is 25.1. The van der Waals surface area contributed by atoms with Gasteiger partial charge in [-0.25, -0.2) is 9.97 Å². The third-order valence-electron chi connectivity index (χ3n) is 5.91. The van der Waals surface area contributed by atoms with Gasteiger partial charge in [-0.2, -0.15) is 0 Å². The van der Waals surface area contributed by atoms with Gasteiger partial charge in [-0.05, 0) is 62.9 Å². The zero-order valence-corrected chi connectivity index (χ0v) is 20.3. The van der Waals surface area contributed by atoms with Gasteiger partial charge in [0.25, 0.3) is 5.91 Å². The molecule has 1 amide bonds. The van der Waals surface area contributed by atoms with Gasteiger partial charge in [-0.3, -0.25) is 9.69 Å². The Balaban J connectivity index is 0.00000341. The molecule has 0 aliphatic carbocycles. The molecule has 2 aromatic rings. The van der Waals surface area contributed by atoms with Gasteiger partial charge in [0, 0.05) is 44.1 Å². The summed E-state index contributed by atoms with van der Waals surface area (Å²) in [6.45, 7) is 16.3. The molecule has 31 heavy (non-hydrogen) atoms. The number of nitrogens with zero attached hydrogens (tertiary/aromatic N) is 4. The number of aryl methyl sites for hydroxylation is 2. The Hall–Kier alpha value is -2.18. The Morgan fingerprint density at radius 3 is 2.48 bits per heavy atom. The highest BCUT2D eigenvalue weighted by Gasteiger charge is 2.18. The van der Waals surface area contributed by atoms with Crippen molar-refractivity contribution in [2.24, 2.45) is 0 Å². The van der Waals surface area contributed by atoms with Gasteiger partial charge in [0.1, 0.15) is 11.5 Å². The molecule has 1 aliphatic rings. The third kappa shape index (κ3) is 6.65. The average molecular weight is 446 g/mol. The van der Waals surface area contributed by atoms with E-state index >= 15 is 0 Å². The average Bonchev–Trinajstić information content (AvgIpc) is 2.73. The lowest BCUT2D eigenvalue weighted by molar-refractivity contribution is 0.0946. The van der Waals surface area contributed by atoms with E-state index in [4.69, 9.17) is 0 Å². The summed E-state index contributed by atoms with van der Waals surface area (Å²) in [7, 11) is 0. The summed E-state index contributed by atoms with van der Waals surface area (Å²) in [5.41, 5.74) is 5.48. The Kier molecular flexibility index (Phi) is 9.26. The molecule has 1 saturated heterocycles. The second-order valence-corrected chi connectivity index (χ2v) is 8.54. The van der Waals surface area contributed by atoms with Gasteiger partial charge in [-0.1, -0.05) is 26.0 Å². The molecule has 0 atom stereocenters. The fourth-order valence-corrected chi connectivity index (χ4v) is 3.89. The van der Waals surface area contributed by atoms with Gasteiger partial charge < -0.3 is 10.2 Å². The van der Waals surface area contributed by atoms with Crippen LogP contribution in [0.1, 0.15) is 59.3 Å². The Morgan fingerprint density at radius 1 is 1.10 bits per heavy atom. The van der Waals surface area contributed by atoms with Crippen LogP contribution in [0.4, 0.5) is 5.69 Å². The number of nitrogens with one attached hydrogen (secondary N) is 1. The van der Waals surface area contributed by atoms with Crippen molar-refractivity contribution in [2.45, 2.75) is 47.0 Å². The molecule has 0 spiro atoms. The number of aromatic nitrogens is 2. The van der Waals surface area contributed by atoms with E-state index in [2.05, 4.69) is 71.0 Å². The van der Waals surface area contributed by atoms with Gasteiger partial charge in [0.05, 0.1) is 0 Å². The first-order valence-electron chi connectivity index (χ1n) is 11.0. The Morgan fingerprint density at radius 2 is 1.81 bits per heavy atom. The molecule has 170 valence electrons. The fourth-order valence-electron chi connectivity index (χ4n) is 3.89. The topological polar surface area (TPSA) is 61.4 Å². The van der Waals surface area contributed by atoms with Crippen LogP contribution in [0.25, 0.3) is 0 Å². The van der Waals surface area contributed by atoms with Crippen LogP contribution >= 0.6 is 12.4 Å². The minimum absolute atomic E-state index is 0. The first-order chi connectivity index (χ1) is 14.3. The van der Waals surface area contributed by atoms with E-state index in [0.29, 0.717) is 18.1 Å². The van der Waals surface area contributed by atoms with Crippen molar-refractivity contribution in [3.05, 3.63) is 52.6 Å². The number of anilines is 1. The second kappa shape index (κ2) is 11.4. The highest BCUT2D eigenvalue weighted by atomic mass is 35.5. The largest absolute Gasteiger partial charge is 0.369 e. The lowest BCUT2D eigenvalue weighted by Gasteiger charge is -2.37. The summed E-state index contributed by atoms with van der Waals surface area (Å²) in [5, 5.41) is 3.01. The molecule has 2 heterocycles. The molecule has 1 aliphatic heterocycles. The minimum atomic E-state index is -0.109. The summed E-state index contributed by atoms with van der Waals surface area (Å²) < 4.78 is 0. The molecule has 0 radical (unpaired) electrons. The van der Waals surface area contributed by atoms with E-state index in [9.17, 15) is 4.79 Å². The van der Waals surface area contributed by atoms with Gasteiger partial charge in [0.15, 0.2) is 0 Å². The number of benzene rings is 1. The lowest BCUT2D eigenvalue weighted by Crippen LogP contribution is -2.47. The van der Waals surface area contributed by atoms with Gasteiger partial charge in [0.2, 0.25) is 0 Å². The van der Waals surface area contributed by atoms with Crippen LogP contribution in [-0.2, 0) is 0 Å². The Bertz CT molecular complexity index is 878. The maximum absolute atomic E-state index is 12.5. The van der Waals surface area contributed by atoms with Crippen molar-refractivity contribution in [2.75, 3.05) is 44.2 Å². The first-order valence-corrected chi connectivity index (χ1v) is 11.0. The van der Waals surface area contributed by atoms with E-state index in [1.807, 2.05) is 6.92 Å². The second-order valence-electron chi connectivity index (χ2n) is 8.54. The van der Waals surface area contributed by atoms with Crippen LogP contribution in [0.2, 0.25) is 0 Å². The summed E-state index contributed by atoms with van der Waals surface area (Å²) in [4.78, 5) is 26.1. The van der Waals surface area contributed by atoms with Gasteiger partial charge >= 0.3 is 0 Å². The molecular weight excluding hydrogens is 410 g/mol. The van der Waals surface area contributed by atoms with Crippen molar-refractivity contribution >= 4 is 24.0 Å². The molecule has 7 heteroatoms. The fraction of sp³-hybridized carbons (Fsp3) is 0.542. The summed E-state index contributed by atoms with van der Waals surface area (Å²) in [5.74, 6) is 0.815. The Labute approximate surface area is 192 Å². The van der Waals surface area contributed by atoms with Crippen LogP contribution in [0.5, 0.6) is 0 Å². The summed E-state index contributed by atoms with van der Waals surface area (Å²) in [6.07, 6.45) is 0.941. The highest BCUT2D eigenvalue weighted by Crippen LogP contribution is 2.23. The number of rotatable bonds is 7.